The number of fused-ring (bicyclic) bond motifs is 1. The van der Waals surface area contributed by atoms with Gasteiger partial charge in [-0.2, -0.15) is 0 Å². The Balaban J connectivity index is 2.43. The van der Waals surface area contributed by atoms with Crippen LogP contribution in [-0.2, 0) is 4.79 Å². The standard InChI is InChI=1S/C18H15Cl2N3O3/c1-18(2)17(24)22(3)16-12(8-10(23(25)26)9-14(16)20)15(21-18)11-6-4-5-7-13(11)19/h4-9H,1-3H3. The highest BCUT2D eigenvalue weighted by molar-refractivity contribution is 6.39. The van der Waals surface area contributed by atoms with Crippen LogP contribution in [-0.4, -0.2) is 29.1 Å². The van der Waals surface area contributed by atoms with Crippen molar-refractivity contribution in [3.63, 3.8) is 0 Å². The van der Waals surface area contributed by atoms with Crippen molar-refractivity contribution in [3.8, 4) is 0 Å². The van der Waals surface area contributed by atoms with E-state index in [1.165, 1.54) is 17.0 Å². The van der Waals surface area contributed by atoms with Gasteiger partial charge in [0.25, 0.3) is 11.6 Å². The van der Waals surface area contributed by atoms with E-state index in [0.29, 0.717) is 27.5 Å². The number of likely N-dealkylation sites (N-methyl/N-ethyl adjacent to an activating group) is 1. The summed E-state index contributed by atoms with van der Waals surface area (Å²) >= 11 is 12.7. The van der Waals surface area contributed by atoms with E-state index >= 15 is 0 Å². The van der Waals surface area contributed by atoms with Crippen molar-refractivity contribution in [1.82, 2.24) is 0 Å². The molecule has 1 aliphatic heterocycles. The minimum atomic E-state index is -1.10. The van der Waals surface area contributed by atoms with E-state index < -0.39 is 10.5 Å². The van der Waals surface area contributed by atoms with Crippen LogP contribution in [0.1, 0.15) is 25.0 Å². The van der Waals surface area contributed by atoms with Crippen molar-refractivity contribution in [1.29, 1.82) is 0 Å². The Kier molecular flexibility index (Phi) is 4.50. The maximum Gasteiger partial charge on any atom is 0.271 e. The highest BCUT2D eigenvalue weighted by Gasteiger charge is 2.38. The quantitative estimate of drug-likeness (QED) is 0.558. The number of benzene rings is 2. The second kappa shape index (κ2) is 6.37. The maximum absolute atomic E-state index is 12.9. The molecule has 0 fully saturated rings. The Morgan fingerprint density at radius 3 is 2.38 bits per heavy atom. The molecule has 0 radical (unpaired) electrons. The molecular weight excluding hydrogens is 377 g/mol. The van der Waals surface area contributed by atoms with Crippen LogP contribution >= 0.6 is 23.2 Å². The molecule has 8 heteroatoms. The third kappa shape index (κ3) is 2.95. The van der Waals surface area contributed by atoms with Gasteiger partial charge >= 0.3 is 0 Å². The number of carbonyl (C=O) groups excluding carboxylic acids is 1. The average Bonchev–Trinajstić information content (AvgIpc) is 2.64. The van der Waals surface area contributed by atoms with Crippen LogP contribution < -0.4 is 4.90 Å². The lowest BCUT2D eigenvalue weighted by molar-refractivity contribution is -0.384. The van der Waals surface area contributed by atoms with E-state index in [2.05, 4.69) is 4.99 Å². The van der Waals surface area contributed by atoms with Crippen LogP contribution in [0.4, 0.5) is 11.4 Å². The molecule has 0 unspecified atom stereocenters. The summed E-state index contributed by atoms with van der Waals surface area (Å²) in [6.45, 7) is 3.35. The summed E-state index contributed by atoms with van der Waals surface area (Å²) in [5.41, 5.74) is 0.432. The van der Waals surface area contributed by atoms with Gasteiger partial charge in [-0.1, -0.05) is 41.4 Å². The van der Waals surface area contributed by atoms with Gasteiger partial charge in [0.1, 0.15) is 5.54 Å². The molecule has 0 N–H and O–H groups in total. The summed E-state index contributed by atoms with van der Waals surface area (Å²) in [6.07, 6.45) is 0. The summed E-state index contributed by atoms with van der Waals surface area (Å²) in [5.74, 6) is -0.281. The number of rotatable bonds is 2. The molecule has 26 heavy (non-hydrogen) atoms. The van der Waals surface area contributed by atoms with E-state index in [9.17, 15) is 14.9 Å². The summed E-state index contributed by atoms with van der Waals surface area (Å²) in [6, 6.07) is 9.60. The number of non-ortho nitro benzene ring substituents is 1. The molecule has 0 aromatic heterocycles. The predicted molar refractivity (Wildman–Crippen MR) is 103 cm³/mol. The van der Waals surface area contributed by atoms with E-state index in [1.54, 1.807) is 45.2 Å². The molecule has 0 spiro atoms. The molecule has 0 saturated carbocycles. The number of aliphatic imine (C=N–C) groups is 1. The summed E-state index contributed by atoms with van der Waals surface area (Å²) in [7, 11) is 1.58. The van der Waals surface area contributed by atoms with Gasteiger partial charge in [-0.3, -0.25) is 19.9 Å². The zero-order chi connectivity index (χ0) is 19.2. The topological polar surface area (TPSA) is 75.8 Å². The molecule has 1 heterocycles. The number of amides is 1. The first-order valence-electron chi connectivity index (χ1n) is 7.74. The maximum atomic E-state index is 12.9. The average molecular weight is 392 g/mol. The highest BCUT2D eigenvalue weighted by Crippen LogP contribution is 2.39. The lowest BCUT2D eigenvalue weighted by Gasteiger charge is -2.24. The van der Waals surface area contributed by atoms with Gasteiger partial charge in [0, 0.05) is 35.3 Å². The largest absolute Gasteiger partial charge is 0.311 e. The number of benzodiazepines with no additional fused rings is 1. The van der Waals surface area contributed by atoms with Crippen molar-refractivity contribution >= 4 is 46.2 Å². The fourth-order valence-corrected chi connectivity index (χ4v) is 3.54. The molecule has 1 amide bonds. The number of hydrogen-bond donors (Lipinski definition) is 0. The molecular formula is C18H15Cl2N3O3. The van der Waals surface area contributed by atoms with Crippen LogP contribution in [0.25, 0.3) is 0 Å². The van der Waals surface area contributed by atoms with Gasteiger partial charge < -0.3 is 4.90 Å². The fraction of sp³-hybridized carbons (Fsp3) is 0.222. The van der Waals surface area contributed by atoms with Crippen LogP contribution in [0.2, 0.25) is 10.0 Å². The number of nitro groups is 1. The fourth-order valence-electron chi connectivity index (χ4n) is 2.97. The molecule has 134 valence electrons. The van der Waals surface area contributed by atoms with Crippen LogP contribution in [0.5, 0.6) is 0 Å². The SMILES string of the molecule is CN1C(=O)C(C)(C)N=C(c2ccccc2Cl)c2cc([N+](=O)[O-])cc(Cl)c21. The first-order chi connectivity index (χ1) is 12.1. The monoisotopic (exact) mass is 391 g/mol. The number of anilines is 1. The normalized spacial score (nSPS) is 16.0. The van der Waals surface area contributed by atoms with Crippen molar-refractivity contribution in [2.75, 3.05) is 11.9 Å². The Morgan fingerprint density at radius 2 is 1.77 bits per heavy atom. The lowest BCUT2D eigenvalue weighted by Crippen LogP contribution is -2.41. The van der Waals surface area contributed by atoms with Gasteiger partial charge in [0.2, 0.25) is 0 Å². The van der Waals surface area contributed by atoms with E-state index in [0.717, 1.165) is 0 Å². The van der Waals surface area contributed by atoms with Gasteiger partial charge in [0.15, 0.2) is 0 Å². The minimum absolute atomic E-state index is 0.0995. The number of nitrogens with zero attached hydrogens (tertiary/aromatic N) is 3. The molecule has 2 aromatic carbocycles. The number of hydrogen-bond acceptors (Lipinski definition) is 4. The second-order valence-electron chi connectivity index (χ2n) is 6.44. The van der Waals surface area contributed by atoms with Crippen LogP contribution in [0, 0.1) is 10.1 Å². The summed E-state index contributed by atoms with van der Waals surface area (Å²) in [4.78, 5) is 29.6. The molecule has 3 rings (SSSR count). The van der Waals surface area contributed by atoms with Crippen molar-refractivity contribution in [2.45, 2.75) is 19.4 Å². The third-order valence-electron chi connectivity index (χ3n) is 4.20. The van der Waals surface area contributed by atoms with E-state index in [1.807, 2.05) is 0 Å². The molecule has 2 aromatic rings. The molecule has 0 aliphatic carbocycles. The Labute approximate surface area is 160 Å². The molecule has 1 aliphatic rings. The van der Waals surface area contributed by atoms with Crippen molar-refractivity contribution in [2.24, 2.45) is 4.99 Å². The Morgan fingerprint density at radius 1 is 1.12 bits per heavy atom. The van der Waals surface area contributed by atoms with E-state index in [4.69, 9.17) is 23.2 Å². The molecule has 0 bridgehead atoms. The minimum Gasteiger partial charge on any atom is -0.311 e. The molecule has 0 saturated heterocycles. The zero-order valence-corrected chi connectivity index (χ0v) is 15.8. The first kappa shape index (κ1) is 18.4. The van der Waals surface area contributed by atoms with Crippen molar-refractivity contribution in [3.05, 3.63) is 67.7 Å². The van der Waals surface area contributed by atoms with E-state index in [-0.39, 0.29) is 16.6 Å². The summed E-state index contributed by atoms with van der Waals surface area (Å²) in [5, 5.41) is 11.8. The lowest BCUT2D eigenvalue weighted by atomic mass is 9.99. The zero-order valence-electron chi connectivity index (χ0n) is 14.3. The van der Waals surface area contributed by atoms with Crippen molar-refractivity contribution < 1.29 is 9.72 Å². The van der Waals surface area contributed by atoms with Crippen LogP contribution in [0.3, 0.4) is 0 Å². The second-order valence-corrected chi connectivity index (χ2v) is 7.26. The number of halogens is 2. The van der Waals surface area contributed by atoms with Gasteiger partial charge in [-0.05, 0) is 19.9 Å². The van der Waals surface area contributed by atoms with Gasteiger partial charge in [-0.25, -0.2) is 0 Å². The van der Waals surface area contributed by atoms with Crippen LogP contribution in [0.15, 0.2) is 41.4 Å². The molecule has 6 nitrogen and oxygen atoms in total. The Bertz CT molecular complexity index is 970. The highest BCUT2D eigenvalue weighted by atomic mass is 35.5. The smallest absolute Gasteiger partial charge is 0.271 e. The molecule has 0 atom stereocenters. The third-order valence-corrected chi connectivity index (χ3v) is 4.82. The first-order valence-corrected chi connectivity index (χ1v) is 8.50. The number of carbonyl (C=O) groups is 1. The van der Waals surface area contributed by atoms with Gasteiger partial charge in [-0.15, -0.1) is 0 Å². The van der Waals surface area contributed by atoms with Gasteiger partial charge in [0.05, 0.1) is 21.3 Å². The summed E-state index contributed by atoms with van der Waals surface area (Å²) < 4.78 is 0. The predicted octanol–water partition coefficient (Wildman–Crippen LogP) is 4.49. The number of nitro benzene ring substituents is 1. The Hall–Kier alpha value is -2.44.